The van der Waals surface area contributed by atoms with Gasteiger partial charge in [0.15, 0.2) is 0 Å². The molecule has 0 atom stereocenters. The molecule has 24 heavy (non-hydrogen) atoms. The maximum absolute atomic E-state index is 12.1. The zero-order valence-electron chi connectivity index (χ0n) is 14.6. The normalized spacial score (nSPS) is 11.4. The van der Waals surface area contributed by atoms with Gasteiger partial charge in [0, 0.05) is 24.7 Å². The number of nitrogens with one attached hydrogen (secondary N) is 2. The second-order valence-corrected chi connectivity index (χ2v) is 7.68. The highest BCUT2D eigenvalue weighted by atomic mass is 32.2. The number of methoxy groups -OCH3 is 2. The summed E-state index contributed by atoms with van der Waals surface area (Å²) in [6, 6.07) is 4.78. The van der Waals surface area contributed by atoms with Gasteiger partial charge in [-0.2, -0.15) is 0 Å². The van der Waals surface area contributed by atoms with Crippen molar-refractivity contribution in [3.8, 4) is 11.5 Å². The topological polar surface area (TPSA) is 93.7 Å². The minimum Gasteiger partial charge on any atom is -0.497 e. The van der Waals surface area contributed by atoms with Gasteiger partial charge in [0.05, 0.1) is 20.0 Å². The second-order valence-electron chi connectivity index (χ2n) is 5.75. The summed E-state index contributed by atoms with van der Waals surface area (Å²) in [4.78, 5) is 12.1. The summed E-state index contributed by atoms with van der Waals surface area (Å²) in [6.07, 6.45) is 0.773. The van der Waals surface area contributed by atoms with Gasteiger partial charge in [-0.25, -0.2) is 13.1 Å². The fourth-order valence-corrected chi connectivity index (χ4v) is 2.86. The summed E-state index contributed by atoms with van der Waals surface area (Å²) in [6.45, 7) is 4.48. The van der Waals surface area contributed by atoms with Crippen molar-refractivity contribution in [2.24, 2.45) is 5.92 Å². The van der Waals surface area contributed by atoms with Crippen LogP contribution in [0.1, 0.15) is 30.6 Å². The number of carbonyl (C=O) groups excluding carboxylic acids is 1. The van der Waals surface area contributed by atoms with Crippen LogP contribution in [0.5, 0.6) is 11.5 Å². The molecule has 0 bridgehead atoms. The van der Waals surface area contributed by atoms with Crippen LogP contribution in [0.2, 0.25) is 0 Å². The van der Waals surface area contributed by atoms with Crippen molar-refractivity contribution >= 4 is 15.9 Å². The van der Waals surface area contributed by atoms with Crippen molar-refractivity contribution in [2.45, 2.75) is 20.3 Å². The molecule has 0 saturated heterocycles. The van der Waals surface area contributed by atoms with Crippen molar-refractivity contribution < 1.29 is 22.7 Å². The largest absolute Gasteiger partial charge is 0.497 e. The predicted octanol–water partition coefficient (Wildman–Crippen LogP) is 1.40. The molecule has 0 spiro atoms. The highest BCUT2D eigenvalue weighted by Crippen LogP contribution is 2.22. The van der Waals surface area contributed by atoms with Gasteiger partial charge < -0.3 is 14.8 Å². The second kappa shape index (κ2) is 9.48. The van der Waals surface area contributed by atoms with E-state index in [0.717, 1.165) is 6.42 Å². The quantitative estimate of drug-likeness (QED) is 0.659. The van der Waals surface area contributed by atoms with Crippen LogP contribution in [-0.4, -0.2) is 47.4 Å². The van der Waals surface area contributed by atoms with Crippen LogP contribution in [0.4, 0.5) is 0 Å². The predicted molar refractivity (Wildman–Crippen MR) is 93.1 cm³/mol. The Balaban J connectivity index is 2.54. The molecule has 1 aromatic carbocycles. The summed E-state index contributed by atoms with van der Waals surface area (Å²) in [5.74, 6) is 0.850. The molecule has 0 fully saturated rings. The molecule has 136 valence electrons. The molecule has 1 aromatic rings. The highest BCUT2D eigenvalue weighted by molar-refractivity contribution is 7.89. The number of sulfonamides is 1. The molecule has 7 nitrogen and oxygen atoms in total. The van der Waals surface area contributed by atoms with E-state index in [-0.39, 0.29) is 18.2 Å². The van der Waals surface area contributed by atoms with E-state index < -0.39 is 10.0 Å². The van der Waals surface area contributed by atoms with Crippen LogP contribution in [0.15, 0.2) is 18.2 Å². The fraction of sp³-hybridized carbons (Fsp3) is 0.562. The van der Waals surface area contributed by atoms with Crippen molar-refractivity contribution in [2.75, 3.05) is 33.1 Å². The Labute approximate surface area is 143 Å². The molecule has 0 aromatic heterocycles. The Bertz CT molecular complexity index is 622. The maximum Gasteiger partial charge on any atom is 0.251 e. The zero-order chi connectivity index (χ0) is 18.2. The molecule has 0 heterocycles. The number of hydrogen-bond donors (Lipinski definition) is 2. The SMILES string of the molecule is COc1cc(OC)cc(C(=O)NCCS(=O)(=O)NCCC(C)C)c1. The van der Waals surface area contributed by atoms with Gasteiger partial charge in [0.2, 0.25) is 10.0 Å². The van der Waals surface area contributed by atoms with Gasteiger partial charge in [0.25, 0.3) is 5.91 Å². The van der Waals surface area contributed by atoms with E-state index in [1.807, 2.05) is 13.8 Å². The van der Waals surface area contributed by atoms with Crippen LogP contribution in [0.3, 0.4) is 0 Å². The van der Waals surface area contributed by atoms with Gasteiger partial charge in [-0.05, 0) is 24.5 Å². The fourth-order valence-electron chi connectivity index (χ4n) is 1.91. The molecule has 1 amide bonds. The van der Waals surface area contributed by atoms with Crippen LogP contribution in [0, 0.1) is 5.92 Å². The van der Waals surface area contributed by atoms with Crippen LogP contribution < -0.4 is 19.5 Å². The molecular formula is C16H26N2O5S. The molecule has 0 saturated carbocycles. The molecular weight excluding hydrogens is 332 g/mol. The summed E-state index contributed by atoms with van der Waals surface area (Å²) in [5, 5.41) is 2.59. The van der Waals surface area contributed by atoms with Gasteiger partial charge in [-0.1, -0.05) is 13.8 Å². The number of amides is 1. The lowest BCUT2D eigenvalue weighted by Crippen LogP contribution is -2.35. The monoisotopic (exact) mass is 358 g/mol. The Kier molecular flexibility index (Phi) is 8.00. The molecule has 1 rings (SSSR count). The van der Waals surface area contributed by atoms with E-state index >= 15 is 0 Å². The Morgan fingerprint density at radius 3 is 2.17 bits per heavy atom. The summed E-state index contributed by atoms with van der Waals surface area (Å²) in [5.41, 5.74) is 0.344. The maximum atomic E-state index is 12.1. The Morgan fingerprint density at radius 2 is 1.67 bits per heavy atom. The summed E-state index contributed by atoms with van der Waals surface area (Å²) >= 11 is 0. The van der Waals surface area contributed by atoms with E-state index in [1.165, 1.54) is 14.2 Å². The van der Waals surface area contributed by atoms with E-state index in [0.29, 0.717) is 29.5 Å². The molecule has 8 heteroatoms. The van der Waals surface area contributed by atoms with Gasteiger partial charge in [-0.3, -0.25) is 4.79 Å². The van der Waals surface area contributed by atoms with Crippen molar-refractivity contribution in [1.29, 1.82) is 0 Å². The molecule has 0 radical (unpaired) electrons. The summed E-state index contributed by atoms with van der Waals surface area (Å²) in [7, 11) is -0.411. The lowest BCUT2D eigenvalue weighted by atomic mass is 10.1. The molecule has 2 N–H and O–H groups in total. The Hall–Kier alpha value is -1.80. The third-order valence-corrected chi connectivity index (χ3v) is 4.70. The molecule has 0 aliphatic carbocycles. The van der Waals surface area contributed by atoms with E-state index in [1.54, 1.807) is 18.2 Å². The third kappa shape index (κ3) is 7.18. The van der Waals surface area contributed by atoms with E-state index in [2.05, 4.69) is 10.0 Å². The standard InChI is InChI=1S/C16H26N2O5S/c1-12(2)5-6-18-24(20,21)8-7-17-16(19)13-9-14(22-3)11-15(10-13)23-4/h9-12,18H,5-8H2,1-4H3,(H,17,19). The van der Waals surface area contributed by atoms with Gasteiger partial charge >= 0.3 is 0 Å². The zero-order valence-corrected chi connectivity index (χ0v) is 15.4. The first-order chi connectivity index (χ1) is 11.3. The highest BCUT2D eigenvalue weighted by Gasteiger charge is 2.13. The number of carbonyl (C=O) groups is 1. The van der Waals surface area contributed by atoms with E-state index in [4.69, 9.17) is 9.47 Å². The molecule has 0 aliphatic heterocycles. The first-order valence-electron chi connectivity index (χ1n) is 7.76. The van der Waals surface area contributed by atoms with Gasteiger partial charge in [0.1, 0.15) is 11.5 Å². The van der Waals surface area contributed by atoms with Crippen LogP contribution >= 0.6 is 0 Å². The number of benzene rings is 1. The lowest BCUT2D eigenvalue weighted by molar-refractivity contribution is 0.0955. The first kappa shape index (κ1) is 20.2. The first-order valence-corrected chi connectivity index (χ1v) is 9.41. The van der Waals surface area contributed by atoms with Crippen LogP contribution in [0.25, 0.3) is 0 Å². The van der Waals surface area contributed by atoms with Crippen molar-refractivity contribution in [1.82, 2.24) is 10.0 Å². The summed E-state index contributed by atoms with van der Waals surface area (Å²) < 4.78 is 36.4. The van der Waals surface area contributed by atoms with Crippen molar-refractivity contribution in [3.05, 3.63) is 23.8 Å². The van der Waals surface area contributed by atoms with Gasteiger partial charge in [-0.15, -0.1) is 0 Å². The van der Waals surface area contributed by atoms with Crippen molar-refractivity contribution in [3.63, 3.8) is 0 Å². The average molecular weight is 358 g/mol. The number of ether oxygens (including phenoxy) is 2. The van der Waals surface area contributed by atoms with Crippen LogP contribution in [-0.2, 0) is 10.0 Å². The minimum absolute atomic E-state index is 0.0232. The molecule has 0 unspecified atom stereocenters. The molecule has 0 aliphatic rings. The van der Waals surface area contributed by atoms with E-state index in [9.17, 15) is 13.2 Å². The number of rotatable bonds is 10. The third-order valence-electron chi connectivity index (χ3n) is 3.31. The lowest BCUT2D eigenvalue weighted by Gasteiger charge is -2.10. The number of hydrogen-bond acceptors (Lipinski definition) is 5. The average Bonchev–Trinajstić information content (AvgIpc) is 2.53. The minimum atomic E-state index is -3.39. The Morgan fingerprint density at radius 1 is 1.08 bits per heavy atom. The smallest absolute Gasteiger partial charge is 0.251 e.